The molecule has 0 aliphatic carbocycles. The van der Waals surface area contributed by atoms with Gasteiger partial charge in [-0.1, -0.05) is 24.9 Å². The third kappa shape index (κ3) is 3.96. The molecule has 1 saturated heterocycles. The Bertz CT molecular complexity index is 489. The summed E-state index contributed by atoms with van der Waals surface area (Å²) in [7, 11) is 0. The molecule has 1 fully saturated rings. The molecule has 110 valence electrons. The third-order valence-corrected chi connectivity index (χ3v) is 4.68. The summed E-state index contributed by atoms with van der Waals surface area (Å²) < 4.78 is 0.767. The molecule has 0 saturated carbocycles. The number of amides is 2. The van der Waals surface area contributed by atoms with Crippen molar-refractivity contribution in [2.24, 2.45) is 0 Å². The van der Waals surface area contributed by atoms with Gasteiger partial charge in [-0.2, -0.15) is 0 Å². The van der Waals surface area contributed by atoms with Crippen LogP contribution in [0.2, 0.25) is 4.34 Å². The maximum absolute atomic E-state index is 12.4. The molecule has 2 rings (SSSR count). The summed E-state index contributed by atoms with van der Waals surface area (Å²) in [6.45, 7) is 3.16. The lowest BCUT2D eigenvalue weighted by Crippen LogP contribution is -2.45. The molecular formula is C14H19ClN2O2S. The number of halogens is 1. The average Bonchev–Trinajstić information content (AvgIpc) is 2.77. The van der Waals surface area contributed by atoms with Crippen LogP contribution in [0.4, 0.5) is 0 Å². The fourth-order valence-electron chi connectivity index (χ4n) is 2.33. The summed E-state index contributed by atoms with van der Waals surface area (Å²) in [4.78, 5) is 27.0. The molecule has 20 heavy (non-hydrogen) atoms. The number of hydrogen-bond acceptors (Lipinski definition) is 3. The van der Waals surface area contributed by atoms with Crippen LogP contribution in [0.5, 0.6) is 0 Å². The maximum Gasteiger partial charge on any atom is 0.245 e. The van der Waals surface area contributed by atoms with Crippen LogP contribution in [0.15, 0.2) is 12.1 Å². The smallest absolute Gasteiger partial charge is 0.245 e. The summed E-state index contributed by atoms with van der Waals surface area (Å²) in [5, 5.41) is 2.81. The summed E-state index contributed by atoms with van der Waals surface area (Å²) in [5.74, 6) is 0.0128. The van der Waals surface area contributed by atoms with E-state index < -0.39 is 0 Å². The molecule has 0 aromatic carbocycles. The highest BCUT2D eigenvalue weighted by Gasteiger charge is 2.28. The molecule has 1 aromatic rings. The van der Waals surface area contributed by atoms with Crippen molar-refractivity contribution in [2.75, 3.05) is 13.1 Å². The Morgan fingerprint density at radius 1 is 1.45 bits per heavy atom. The fourth-order valence-corrected chi connectivity index (χ4v) is 3.41. The lowest BCUT2D eigenvalue weighted by atomic mass is 10.1. The van der Waals surface area contributed by atoms with Gasteiger partial charge < -0.3 is 10.2 Å². The number of carbonyl (C=O) groups excluding carboxylic acids is 2. The van der Waals surface area contributed by atoms with Crippen LogP contribution in [-0.2, 0) is 16.0 Å². The number of carbonyl (C=O) groups is 2. The molecular weight excluding hydrogens is 296 g/mol. The molecule has 0 spiro atoms. The lowest BCUT2D eigenvalue weighted by Gasteiger charge is -2.23. The van der Waals surface area contributed by atoms with E-state index in [1.165, 1.54) is 16.2 Å². The Balaban J connectivity index is 1.97. The SMILES string of the molecule is CCCC1NC(=O)CCN(CCc2ccc(Cl)s2)C1=O. The standard InChI is InChI=1S/C14H19ClN2O2S/c1-2-3-11-14(19)17(9-7-13(18)16-11)8-6-10-4-5-12(15)20-10/h4-5,11H,2-3,6-9H2,1H3,(H,16,18). The van der Waals surface area contributed by atoms with Crippen LogP contribution in [0, 0.1) is 0 Å². The Morgan fingerprint density at radius 2 is 2.25 bits per heavy atom. The van der Waals surface area contributed by atoms with Crippen molar-refractivity contribution in [3.8, 4) is 0 Å². The first-order chi connectivity index (χ1) is 9.60. The first kappa shape index (κ1) is 15.3. The molecule has 1 atom stereocenters. The van der Waals surface area contributed by atoms with E-state index in [0.29, 0.717) is 25.9 Å². The molecule has 1 aliphatic rings. The molecule has 6 heteroatoms. The predicted molar refractivity (Wildman–Crippen MR) is 81.1 cm³/mol. The minimum absolute atomic E-state index is 0.0292. The first-order valence-corrected chi connectivity index (χ1v) is 8.12. The lowest BCUT2D eigenvalue weighted by molar-refractivity contribution is -0.133. The van der Waals surface area contributed by atoms with Crippen LogP contribution in [0.3, 0.4) is 0 Å². The zero-order valence-corrected chi connectivity index (χ0v) is 13.1. The van der Waals surface area contributed by atoms with Gasteiger partial charge in [0.25, 0.3) is 0 Å². The van der Waals surface area contributed by atoms with Gasteiger partial charge in [0, 0.05) is 24.4 Å². The number of hydrogen-bond donors (Lipinski definition) is 1. The molecule has 1 N–H and O–H groups in total. The predicted octanol–water partition coefficient (Wildman–Crippen LogP) is 2.46. The zero-order valence-electron chi connectivity index (χ0n) is 11.5. The van der Waals surface area contributed by atoms with E-state index in [1.54, 1.807) is 4.90 Å². The highest BCUT2D eigenvalue weighted by Crippen LogP contribution is 2.22. The van der Waals surface area contributed by atoms with Crippen molar-refractivity contribution >= 4 is 34.8 Å². The van der Waals surface area contributed by atoms with Gasteiger partial charge in [0.1, 0.15) is 6.04 Å². The molecule has 0 bridgehead atoms. The van der Waals surface area contributed by atoms with E-state index in [0.717, 1.165) is 17.2 Å². The average molecular weight is 315 g/mol. The summed E-state index contributed by atoms with van der Waals surface area (Å²) in [6.07, 6.45) is 2.75. The molecule has 1 aliphatic heterocycles. The van der Waals surface area contributed by atoms with Crippen molar-refractivity contribution in [1.29, 1.82) is 0 Å². The van der Waals surface area contributed by atoms with Gasteiger partial charge >= 0.3 is 0 Å². The van der Waals surface area contributed by atoms with Gasteiger partial charge in [0.05, 0.1) is 4.34 Å². The van der Waals surface area contributed by atoms with Crippen molar-refractivity contribution in [1.82, 2.24) is 10.2 Å². The van der Waals surface area contributed by atoms with Gasteiger partial charge in [-0.3, -0.25) is 9.59 Å². The second-order valence-corrected chi connectivity index (χ2v) is 6.74. The van der Waals surface area contributed by atoms with Gasteiger partial charge in [0.2, 0.25) is 11.8 Å². The largest absolute Gasteiger partial charge is 0.344 e. The number of nitrogens with zero attached hydrogens (tertiary/aromatic N) is 1. The Morgan fingerprint density at radius 3 is 2.90 bits per heavy atom. The van der Waals surface area contributed by atoms with E-state index in [1.807, 2.05) is 19.1 Å². The molecule has 2 heterocycles. The van der Waals surface area contributed by atoms with Crippen molar-refractivity contribution < 1.29 is 9.59 Å². The monoisotopic (exact) mass is 314 g/mol. The first-order valence-electron chi connectivity index (χ1n) is 6.92. The number of nitrogens with one attached hydrogen (secondary N) is 1. The van der Waals surface area contributed by atoms with Gasteiger partial charge in [-0.25, -0.2) is 0 Å². The minimum atomic E-state index is -0.359. The van der Waals surface area contributed by atoms with E-state index in [2.05, 4.69) is 5.32 Å². The Labute approximate surface area is 128 Å². The van der Waals surface area contributed by atoms with Gasteiger partial charge in [-0.15, -0.1) is 11.3 Å². The number of rotatable bonds is 5. The third-order valence-electron chi connectivity index (χ3n) is 3.39. The molecule has 1 unspecified atom stereocenters. The summed E-state index contributed by atoms with van der Waals surface area (Å²) >= 11 is 7.44. The molecule has 1 aromatic heterocycles. The molecule has 2 amide bonds. The van der Waals surface area contributed by atoms with E-state index in [4.69, 9.17) is 11.6 Å². The van der Waals surface area contributed by atoms with E-state index in [9.17, 15) is 9.59 Å². The highest BCUT2D eigenvalue weighted by atomic mass is 35.5. The highest BCUT2D eigenvalue weighted by molar-refractivity contribution is 7.16. The molecule has 4 nitrogen and oxygen atoms in total. The zero-order chi connectivity index (χ0) is 14.5. The van der Waals surface area contributed by atoms with Crippen LogP contribution in [-0.4, -0.2) is 35.8 Å². The second-order valence-electron chi connectivity index (χ2n) is 4.94. The fraction of sp³-hybridized carbons (Fsp3) is 0.571. The summed E-state index contributed by atoms with van der Waals surface area (Å²) in [5.41, 5.74) is 0. The minimum Gasteiger partial charge on any atom is -0.344 e. The van der Waals surface area contributed by atoms with E-state index in [-0.39, 0.29) is 17.9 Å². The maximum atomic E-state index is 12.4. The molecule has 0 radical (unpaired) electrons. The van der Waals surface area contributed by atoms with Crippen LogP contribution >= 0.6 is 22.9 Å². The van der Waals surface area contributed by atoms with Gasteiger partial charge in [-0.05, 0) is 25.0 Å². The second kappa shape index (κ2) is 7.09. The van der Waals surface area contributed by atoms with Gasteiger partial charge in [0.15, 0.2) is 0 Å². The Kier molecular flexibility index (Phi) is 5.43. The van der Waals surface area contributed by atoms with E-state index >= 15 is 0 Å². The quantitative estimate of drug-likeness (QED) is 0.907. The number of thiophene rings is 1. The van der Waals surface area contributed by atoms with Crippen molar-refractivity contribution in [2.45, 2.75) is 38.6 Å². The van der Waals surface area contributed by atoms with Crippen LogP contribution in [0.25, 0.3) is 0 Å². The normalized spacial score (nSPS) is 19.9. The van der Waals surface area contributed by atoms with Crippen LogP contribution < -0.4 is 5.32 Å². The van der Waals surface area contributed by atoms with Crippen molar-refractivity contribution in [3.63, 3.8) is 0 Å². The Hall–Kier alpha value is -1.07. The van der Waals surface area contributed by atoms with Crippen molar-refractivity contribution in [3.05, 3.63) is 21.3 Å². The topological polar surface area (TPSA) is 49.4 Å². The summed E-state index contributed by atoms with van der Waals surface area (Å²) in [6, 6.07) is 3.50. The van der Waals surface area contributed by atoms with Crippen LogP contribution in [0.1, 0.15) is 31.1 Å².